The number of nitrogens with two attached hydrogens (primary N) is 1. The molecule has 0 spiro atoms. The second-order valence-electron chi connectivity index (χ2n) is 9.48. The normalized spacial score (nSPS) is 15.0. The van der Waals surface area contributed by atoms with Crippen LogP contribution in [0.1, 0.15) is 39.3 Å². The first-order valence-corrected chi connectivity index (χ1v) is 14.2. The largest absolute Gasteiger partial charge is 0.394 e. The first-order valence-electron chi connectivity index (χ1n) is 12.4. The second kappa shape index (κ2) is 10.4. The van der Waals surface area contributed by atoms with Crippen LogP contribution in [0.25, 0.3) is 27.1 Å². The van der Waals surface area contributed by atoms with E-state index < -0.39 is 5.54 Å². The Morgan fingerprint density at radius 1 is 1.15 bits per heavy atom. The number of nitrogen functional groups attached to an aromatic ring is 1. The molecule has 39 heavy (non-hydrogen) atoms. The highest BCUT2D eigenvalue weighted by Crippen LogP contribution is 2.30. The molecule has 1 fully saturated rings. The highest BCUT2D eigenvalue weighted by atomic mass is 32.1. The van der Waals surface area contributed by atoms with E-state index in [1.54, 1.807) is 22.7 Å². The number of amides is 2. The van der Waals surface area contributed by atoms with Gasteiger partial charge in [-0.05, 0) is 54.1 Å². The van der Waals surface area contributed by atoms with Crippen molar-refractivity contribution in [2.75, 3.05) is 25.6 Å². The number of nitrogens with one attached hydrogen (secondary N) is 2. The first kappa shape index (κ1) is 25.4. The van der Waals surface area contributed by atoms with Crippen LogP contribution in [-0.2, 0) is 11.3 Å². The quantitative estimate of drug-likeness (QED) is 0.238. The third-order valence-electron chi connectivity index (χ3n) is 6.96. The minimum absolute atomic E-state index is 0.194. The van der Waals surface area contributed by atoms with Crippen LogP contribution in [0.3, 0.4) is 0 Å². The monoisotopic (exact) mass is 562 g/mol. The van der Waals surface area contributed by atoms with Crippen LogP contribution < -0.4 is 16.4 Å². The lowest BCUT2D eigenvalue weighted by Gasteiger charge is -2.36. The number of pyridine rings is 1. The predicted octanol–water partition coefficient (Wildman–Crippen LogP) is 3.46. The number of nitrogens with zero attached hydrogens (tertiary/aromatic N) is 3. The zero-order valence-electron chi connectivity index (χ0n) is 20.8. The average molecular weight is 563 g/mol. The van der Waals surface area contributed by atoms with Crippen molar-refractivity contribution < 1.29 is 19.4 Å². The van der Waals surface area contributed by atoms with Gasteiger partial charge in [-0.3, -0.25) is 14.0 Å². The number of anilines is 1. The molecule has 0 atom stereocenters. The number of carbonyl (C=O) groups excluding carboxylic acids is 2. The number of aliphatic hydroxyl groups excluding tert-OH is 1. The molecule has 0 bridgehead atoms. The summed E-state index contributed by atoms with van der Waals surface area (Å²) < 4.78 is 8.04. The summed E-state index contributed by atoms with van der Waals surface area (Å²) in [6.07, 6.45) is 2.74. The van der Waals surface area contributed by atoms with Crippen LogP contribution in [-0.4, -0.2) is 56.6 Å². The van der Waals surface area contributed by atoms with E-state index in [4.69, 9.17) is 15.5 Å². The van der Waals surface area contributed by atoms with Crippen LogP contribution in [0.2, 0.25) is 0 Å². The molecule has 5 N–H and O–H groups in total. The summed E-state index contributed by atoms with van der Waals surface area (Å²) in [6, 6.07) is 11.1. The minimum Gasteiger partial charge on any atom is -0.394 e. The number of aromatic nitrogens is 3. The Bertz CT molecular complexity index is 1670. The van der Waals surface area contributed by atoms with E-state index in [9.17, 15) is 14.7 Å². The minimum atomic E-state index is -0.774. The molecule has 200 valence electrons. The summed E-state index contributed by atoms with van der Waals surface area (Å²) in [5.41, 5.74) is 9.06. The number of benzene rings is 1. The van der Waals surface area contributed by atoms with Crippen LogP contribution in [0.15, 0.2) is 53.4 Å². The summed E-state index contributed by atoms with van der Waals surface area (Å²) in [5, 5.41) is 20.5. The molecule has 0 unspecified atom stereocenters. The highest BCUT2D eigenvalue weighted by Gasteiger charge is 2.35. The smallest absolute Gasteiger partial charge is 0.271 e. The molecule has 1 aliphatic heterocycles. The maximum Gasteiger partial charge on any atom is 0.271 e. The molecule has 5 heterocycles. The lowest BCUT2D eigenvalue weighted by molar-refractivity contribution is 0.0124. The van der Waals surface area contributed by atoms with Crippen molar-refractivity contribution in [3.05, 3.63) is 70.2 Å². The Hall–Kier alpha value is -3.84. The Morgan fingerprint density at radius 3 is 2.77 bits per heavy atom. The van der Waals surface area contributed by atoms with E-state index in [0.717, 1.165) is 21.3 Å². The Labute approximate surface area is 231 Å². The molecule has 1 aliphatic rings. The van der Waals surface area contributed by atoms with Gasteiger partial charge in [-0.25, -0.2) is 9.97 Å². The fourth-order valence-electron chi connectivity index (χ4n) is 4.82. The van der Waals surface area contributed by atoms with E-state index in [0.29, 0.717) is 60.3 Å². The van der Waals surface area contributed by atoms with Gasteiger partial charge in [0.15, 0.2) is 10.8 Å². The number of hydrogen-bond acceptors (Lipinski definition) is 9. The summed E-state index contributed by atoms with van der Waals surface area (Å²) in [7, 11) is 0. The molecule has 4 aromatic heterocycles. The first-order chi connectivity index (χ1) is 19.0. The molecule has 6 rings (SSSR count). The van der Waals surface area contributed by atoms with Crippen molar-refractivity contribution in [1.82, 2.24) is 25.0 Å². The maximum absolute atomic E-state index is 13.7. The number of thiophene rings is 1. The maximum atomic E-state index is 13.7. The lowest BCUT2D eigenvalue weighted by atomic mass is 9.90. The van der Waals surface area contributed by atoms with Gasteiger partial charge in [-0.1, -0.05) is 17.4 Å². The van der Waals surface area contributed by atoms with Crippen molar-refractivity contribution in [3.8, 4) is 11.3 Å². The number of rotatable bonds is 7. The van der Waals surface area contributed by atoms with Crippen molar-refractivity contribution in [2.24, 2.45) is 0 Å². The van der Waals surface area contributed by atoms with E-state index in [2.05, 4.69) is 15.6 Å². The Morgan fingerprint density at radius 2 is 2.00 bits per heavy atom. The summed E-state index contributed by atoms with van der Waals surface area (Å²) in [6.45, 7) is 1.03. The molecular formula is C27H26N6O4S2. The zero-order chi connectivity index (χ0) is 27.0. The van der Waals surface area contributed by atoms with E-state index in [1.165, 1.54) is 22.7 Å². The van der Waals surface area contributed by atoms with Crippen molar-refractivity contribution in [1.29, 1.82) is 0 Å². The molecule has 1 aromatic carbocycles. The number of hydrogen-bond donors (Lipinski definition) is 4. The van der Waals surface area contributed by atoms with Gasteiger partial charge < -0.3 is 26.2 Å². The second-order valence-corrected chi connectivity index (χ2v) is 11.3. The third-order valence-corrected chi connectivity index (χ3v) is 8.49. The number of ether oxygens (including phenoxy) is 1. The summed E-state index contributed by atoms with van der Waals surface area (Å²) in [5.74, 6) is -0.677. The molecular weight excluding hydrogens is 536 g/mol. The van der Waals surface area contributed by atoms with Gasteiger partial charge in [-0.15, -0.1) is 0 Å². The number of aliphatic hydroxyl groups is 1. The van der Waals surface area contributed by atoms with Crippen molar-refractivity contribution in [2.45, 2.75) is 24.9 Å². The number of carbonyl (C=O) groups is 2. The van der Waals surface area contributed by atoms with Gasteiger partial charge in [0.2, 0.25) is 0 Å². The Kier molecular flexibility index (Phi) is 6.77. The van der Waals surface area contributed by atoms with Gasteiger partial charge >= 0.3 is 0 Å². The van der Waals surface area contributed by atoms with Crippen LogP contribution in [0.5, 0.6) is 0 Å². The molecule has 0 aliphatic carbocycles. The van der Waals surface area contributed by atoms with Crippen LogP contribution in [0, 0.1) is 0 Å². The average Bonchev–Trinajstić information content (AvgIpc) is 3.69. The number of fused-ring (bicyclic) bond motifs is 2. The lowest BCUT2D eigenvalue weighted by Crippen LogP contribution is -2.54. The van der Waals surface area contributed by atoms with Gasteiger partial charge in [0.1, 0.15) is 11.4 Å². The standard InChI is InChI=1S/C27H26N6O4S2/c28-26-30-19-4-3-16(12-20(19)39-26)13-29-24(35)18-2-1-8-33-22(21(31-23(18)33)17-5-11-38-14-17)25(36)32-27(15-34)6-9-37-10-7-27/h1-5,8,11-12,14,34H,6-7,9-10,13,15H2,(H2,28,30)(H,29,35)(H,32,36). The zero-order valence-corrected chi connectivity index (χ0v) is 22.5. The number of thiazole rings is 1. The van der Waals surface area contributed by atoms with Crippen LogP contribution >= 0.6 is 22.7 Å². The van der Waals surface area contributed by atoms with Gasteiger partial charge in [0.25, 0.3) is 11.8 Å². The molecule has 0 radical (unpaired) electrons. The Balaban J connectivity index is 1.33. The topological polar surface area (TPSA) is 144 Å². The predicted molar refractivity (Wildman–Crippen MR) is 151 cm³/mol. The van der Waals surface area contributed by atoms with Gasteiger partial charge in [0, 0.05) is 36.9 Å². The molecule has 1 saturated heterocycles. The molecule has 12 heteroatoms. The van der Waals surface area contributed by atoms with E-state index in [-0.39, 0.29) is 18.4 Å². The SMILES string of the molecule is Nc1nc2ccc(CNC(=O)c3cccn4c(C(=O)NC5(CO)CCOCC5)c(-c5ccsc5)nc34)cc2s1. The fourth-order valence-corrected chi connectivity index (χ4v) is 6.26. The number of imidazole rings is 1. The third kappa shape index (κ3) is 4.87. The van der Waals surface area contributed by atoms with E-state index in [1.807, 2.05) is 35.0 Å². The fraction of sp³-hybridized carbons (Fsp3) is 0.259. The highest BCUT2D eigenvalue weighted by molar-refractivity contribution is 7.22. The summed E-state index contributed by atoms with van der Waals surface area (Å²) >= 11 is 2.89. The molecule has 10 nitrogen and oxygen atoms in total. The van der Waals surface area contributed by atoms with Crippen molar-refractivity contribution >= 4 is 55.5 Å². The van der Waals surface area contributed by atoms with Gasteiger partial charge in [0.05, 0.1) is 27.9 Å². The van der Waals surface area contributed by atoms with Crippen LogP contribution in [0.4, 0.5) is 5.13 Å². The van der Waals surface area contributed by atoms with E-state index >= 15 is 0 Å². The molecule has 5 aromatic rings. The molecule has 0 saturated carbocycles. The molecule has 2 amide bonds. The summed E-state index contributed by atoms with van der Waals surface area (Å²) in [4.78, 5) is 36.1. The van der Waals surface area contributed by atoms with Crippen molar-refractivity contribution in [3.63, 3.8) is 0 Å². The van der Waals surface area contributed by atoms with Gasteiger partial charge in [-0.2, -0.15) is 11.3 Å².